The number of rotatable bonds is 4. The van der Waals surface area contributed by atoms with Crippen molar-refractivity contribution in [1.29, 1.82) is 0 Å². The van der Waals surface area contributed by atoms with Gasteiger partial charge in [0.1, 0.15) is 0 Å². The number of imidazole rings is 1. The lowest BCUT2D eigenvalue weighted by molar-refractivity contribution is 0.355. The molecule has 0 saturated carbocycles. The van der Waals surface area contributed by atoms with Gasteiger partial charge in [0.2, 0.25) is 0 Å². The summed E-state index contributed by atoms with van der Waals surface area (Å²) in [7, 11) is 3.27. The van der Waals surface area contributed by atoms with Crippen LogP contribution in [0.1, 0.15) is 10.6 Å². The van der Waals surface area contributed by atoms with E-state index in [1.807, 2.05) is 24.4 Å². The molecule has 3 rings (SSSR count). The molecule has 0 unspecified atom stereocenters. The van der Waals surface area contributed by atoms with Crippen molar-refractivity contribution in [2.45, 2.75) is 13.5 Å². The summed E-state index contributed by atoms with van der Waals surface area (Å²) in [5.74, 6) is 1.44. The zero-order chi connectivity index (χ0) is 15.0. The first kappa shape index (κ1) is 13.9. The van der Waals surface area contributed by atoms with Crippen LogP contribution >= 0.6 is 11.3 Å². The Morgan fingerprint density at radius 2 is 2.00 bits per heavy atom. The number of ether oxygens (including phenoxy) is 2. The number of thiazole rings is 1. The van der Waals surface area contributed by atoms with Gasteiger partial charge in [0.05, 0.1) is 25.6 Å². The highest BCUT2D eigenvalue weighted by Crippen LogP contribution is 2.36. The number of nitrogens with zero attached hydrogens (tertiary/aromatic N) is 2. The maximum atomic E-state index is 5.68. The van der Waals surface area contributed by atoms with Gasteiger partial charge in [-0.25, -0.2) is 4.98 Å². The quantitative estimate of drug-likeness (QED) is 0.805. The van der Waals surface area contributed by atoms with Crippen molar-refractivity contribution < 1.29 is 9.47 Å². The average molecular weight is 303 g/mol. The maximum Gasteiger partial charge on any atom is 0.194 e. The second kappa shape index (κ2) is 5.38. The smallest absolute Gasteiger partial charge is 0.194 e. The predicted molar refractivity (Wildman–Crippen MR) is 84.2 cm³/mol. The van der Waals surface area contributed by atoms with Gasteiger partial charge in [-0.3, -0.25) is 4.40 Å². The normalized spacial score (nSPS) is 11.0. The number of nitrogens with two attached hydrogens (primary N) is 1. The molecule has 2 heterocycles. The minimum atomic E-state index is 0.443. The van der Waals surface area contributed by atoms with E-state index in [0.29, 0.717) is 12.3 Å². The van der Waals surface area contributed by atoms with E-state index in [9.17, 15) is 0 Å². The van der Waals surface area contributed by atoms with Crippen molar-refractivity contribution >= 4 is 16.3 Å². The summed E-state index contributed by atoms with van der Waals surface area (Å²) in [6, 6.07) is 5.92. The highest BCUT2D eigenvalue weighted by Gasteiger charge is 2.15. The molecule has 0 aliphatic rings. The molecule has 110 valence electrons. The van der Waals surface area contributed by atoms with E-state index in [1.165, 1.54) is 4.88 Å². The standard InChI is InChI=1S/C15H17N3O2S/c1-9-14(18-8-11(7-16)17-15(18)21-9)10-4-5-12(19-2)13(6-10)20-3/h4-6,8H,7,16H2,1-3H3. The lowest BCUT2D eigenvalue weighted by atomic mass is 10.1. The van der Waals surface area contributed by atoms with E-state index in [2.05, 4.69) is 16.3 Å². The average Bonchev–Trinajstić information content (AvgIpc) is 3.02. The van der Waals surface area contributed by atoms with Crippen LogP contribution in [-0.4, -0.2) is 23.6 Å². The number of hydrogen-bond acceptors (Lipinski definition) is 5. The Hall–Kier alpha value is -2.05. The van der Waals surface area contributed by atoms with E-state index in [-0.39, 0.29) is 0 Å². The van der Waals surface area contributed by atoms with Crippen LogP contribution in [0.15, 0.2) is 24.4 Å². The van der Waals surface area contributed by atoms with E-state index < -0.39 is 0 Å². The number of fused-ring (bicyclic) bond motifs is 1. The highest BCUT2D eigenvalue weighted by atomic mass is 32.1. The molecule has 0 fully saturated rings. The van der Waals surface area contributed by atoms with Crippen molar-refractivity contribution in [3.63, 3.8) is 0 Å². The predicted octanol–water partition coefficient (Wildman–Crippen LogP) is 2.85. The Balaban J connectivity index is 2.19. The second-order valence-corrected chi connectivity index (χ2v) is 5.85. The first-order valence-electron chi connectivity index (χ1n) is 6.57. The summed E-state index contributed by atoms with van der Waals surface area (Å²) >= 11 is 1.66. The van der Waals surface area contributed by atoms with Crippen LogP contribution in [-0.2, 0) is 6.54 Å². The molecule has 2 N–H and O–H groups in total. The molecule has 5 nitrogen and oxygen atoms in total. The van der Waals surface area contributed by atoms with Crippen molar-refractivity contribution in [1.82, 2.24) is 9.38 Å². The van der Waals surface area contributed by atoms with Gasteiger partial charge in [0.25, 0.3) is 0 Å². The van der Waals surface area contributed by atoms with Gasteiger partial charge in [-0.05, 0) is 25.1 Å². The minimum absolute atomic E-state index is 0.443. The summed E-state index contributed by atoms with van der Waals surface area (Å²) in [6.07, 6.45) is 1.99. The topological polar surface area (TPSA) is 61.8 Å². The zero-order valence-electron chi connectivity index (χ0n) is 12.2. The second-order valence-electron chi connectivity index (χ2n) is 4.67. The third-order valence-corrected chi connectivity index (χ3v) is 4.38. The van der Waals surface area contributed by atoms with Gasteiger partial charge in [-0.1, -0.05) is 0 Å². The molecule has 0 spiro atoms. The van der Waals surface area contributed by atoms with Gasteiger partial charge in [0.15, 0.2) is 16.5 Å². The molecule has 1 aromatic carbocycles. The fraction of sp³-hybridized carbons (Fsp3) is 0.267. The molecule has 6 heteroatoms. The van der Waals surface area contributed by atoms with Gasteiger partial charge < -0.3 is 15.2 Å². The van der Waals surface area contributed by atoms with Crippen LogP contribution in [0, 0.1) is 6.92 Å². The fourth-order valence-electron chi connectivity index (χ4n) is 2.42. The molecular weight excluding hydrogens is 286 g/mol. The van der Waals surface area contributed by atoms with Crippen LogP contribution in [0.5, 0.6) is 11.5 Å². The van der Waals surface area contributed by atoms with Crippen molar-refractivity contribution in [2.24, 2.45) is 5.73 Å². The molecular formula is C15H17N3O2S. The van der Waals surface area contributed by atoms with Crippen LogP contribution in [0.3, 0.4) is 0 Å². The highest BCUT2D eigenvalue weighted by molar-refractivity contribution is 7.17. The first-order chi connectivity index (χ1) is 10.2. The largest absolute Gasteiger partial charge is 0.493 e. The minimum Gasteiger partial charge on any atom is -0.493 e. The van der Waals surface area contributed by atoms with Gasteiger partial charge >= 0.3 is 0 Å². The van der Waals surface area contributed by atoms with Crippen LogP contribution < -0.4 is 15.2 Å². The molecule has 3 aromatic rings. The Bertz CT molecular complexity index is 792. The molecule has 2 aromatic heterocycles. The number of hydrogen-bond donors (Lipinski definition) is 1. The number of aryl methyl sites for hydroxylation is 1. The Labute approximate surface area is 126 Å². The van der Waals surface area contributed by atoms with E-state index in [4.69, 9.17) is 15.2 Å². The molecule has 0 bridgehead atoms. The van der Waals surface area contributed by atoms with Gasteiger partial charge in [0, 0.05) is 23.2 Å². The van der Waals surface area contributed by atoms with Crippen molar-refractivity contribution in [3.05, 3.63) is 35.0 Å². The van der Waals surface area contributed by atoms with Gasteiger partial charge in [-0.15, -0.1) is 11.3 Å². The van der Waals surface area contributed by atoms with Gasteiger partial charge in [-0.2, -0.15) is 0 Å². The SMILES string of the molecule is COc1ccc(-c2c(C)sc3nc(CN)cn23)cc1OC. The summed E-state index contributed by atoms with van der Waals surface area (Å²) in [4.78, 5) is 6.67. The summed E-state index contributed by atoms with van der Waals surface area (Å²) in [5, 5.41) is 0. The van der Waals surface area contributed by atoms with Crippen molar-refractivity contribution in [3.8, 4) is 22.8 Å². The molecule has 0 radical (unpaired) electrons. The maximum absolute atomic E-state index is 5.68. The third-order valence-electron chi connectivity index (χ3n) is 3.41. The Kier molecular flexibility index (Phi) is 3.57. The lowest BCUT2D eigenvalue weighted by Gasteiger charge is -2.10. The summed E-state index contributed by atoms with van der Waals surface area (Å²) < 4.78 is 12.8. The molecule has 0 atom stereocenters. The van der Waals surface area contributed by atoms with Crippen LogP contribution in [0.4, 0.5) is 0 Å². The molecule has 21 heavy (non-hydrogen) atoms. The summed E-state index contributed by atoms with van der Waals surface area (Å²) in [5.41, 5.74) is 8.75. The Morgan fingerprint density at radius 1 is 1.24 bits per heavy atom. The Morgan fingerprint density at radius 3 is 2.67 bits per heavy atom. The number of methoxy groups -OCH3 is 2. The van der Waals surface area contributed by atoms with Crippen LogP contribution in [0.2, 0.25) is 0 Å². The van der Waals surface area contributed by atoms with E-state index >= 15 is 0 Å². The first-order valence-corrected chi connectivity index (χ1v) is 7.39. The van der Waals surface area contributed by atoms with Crippen LogP contribution in [0.25, 0.3) is 16.2 Å². The molecule has 0 saturated heterocycles. The monoisotopic (exact) mass is 303 g/mol. The zero-order valence-corrected chi connectivity index (χ0v) is 13.0. The lowest BCUT2D eigenvalue weighted by Crippen LogP contribution is -1.96. The van der Waals surface area contributed by atoms with E-state index in [0.717, 1.165) is 27.7 Å². The molecule has 0 amide bonds. The van der Waals surface area contributed by atoms with Crippen molar-refractivity contribution in [2.75, 3.05) is 14.2 Å². The third kappa shape index (κ3) is 2.26. The number of benzene rings is 1. The molecule has 0 aliphatic carbocycles. The fourth-order valence-corrected chi connectivity index (χ4v) is 3.41. The molecule has 0 aliphatic heterocycles. The van der Waals surface area contributed by atoms with E-state index in [1.54, 1.807) is 25.6 Å². The summed E-state index contributed by atoms with van der Waals surface area (Å²) in [6.45, 7) is 2.53. The number of aromatic nitrogens is 2.